The summed E-state index contributed by atoms with van der Waals surface area (Å²) in [5, 5.41) is 0. The zero-order chi connectivity index (χ0) is 26.1. The lowest BCUT2D eigenvalue weighted by molar-refractivity contribution is -0.128. The van der Waals surface area contributed by atoms with Gasteiger partial charge in [0.1, 0.15) is 5.78 Å². The highest BCUT2D eigenvalue weighted by Gasteiger charge is 2.17. The van der Waals surface area contributed by atoms with Gasteiger partial charge in [0.15, 0.2) is 0 Å². The first-order chi connectivity index (χ1) is 15.9. The maximum absolute atomic E-state index is 12.9. The number of carbonyl (C=O) groups is 2. The SMILES string of the molecule is CC(=O)CCC=C(C)CCC=C(C)CCC=C(C)CCC=C(C)C(=O)N(CC(C)C)CC(C)C. The maximum atomic E-state index is 12.9. The molecular weight excluding hydrogens is 418 g/mol. The van der Waals surface area contributed by atoms with E-state index in [0.29, 0.717) is 18.3 Å². The summed E-state index contributed by atoms with van der Waals surface area (Å²) in [6.07, 6.45) is 16.8. The van der Waals surface area contributed by atoms with Crippen LogP contribution in [0.1, 0.15) is 114 Å². The summed E-state index contributed by atoms with van der Waals surface area (Å²) in [7, 11) is 0. The van der Waals surface area contributed by atoms with Crippen molar-refractivity contribution in [2.75, 3.05) is 13.1 Å². The summed E-state index contributed by atoms with van der Waals surface area (Å²) in [4.78, 5) is 25.9. The molecule has 1 amide bonds. The number of amides is 1. The maximum Gasteiger partial charge on any atom is 0.249 e. The molecule has 0 aromatic heterocycles. The zero-order valence-electron chi connectivity index (χ0n) is 23.8. The van der Waals surface area contributed by atoms with Crippen LogP contribution in [0.4, 0.5) is 0 Å². The van der Waals surface area contributed by atoms with Gasteiger partial charge in [0, 0.05) is 25.1 Å². The summed E-state index contributed by atoms with van der Waals surface area (Å²) >= 11 is 0. The fraction of sp³-hybridized carbons (Fsp3) is 0.677. The largest absolute Gasteiger partial charge is 0.338 e. The van der Waals surface area contributed by atoms with E-state index in [0.717, 1.165) is 63.6 Å². The van der Waals surface area contributed by atoms with E-state index in [2.05, 4.69) is 72.8 Å². The third kappa shape index (κ3) is 17.6. The van der Waals surface area contributed by atoms with Crippen LogP contribution in [0.5, 0.6) is 0 Å². The molecule has 0 bridgehead atoms. The molecule has 34 heavy (non-hydrogen) atoms. The van der Waals surface area contributed by atoms with Crippen LogP contribution >= 0.6 is 0 Å². The first-order valence-electron chi connectivity index (χ1n) is 13.3. The summed E-state index contributed by atoms with van der Waals surface area (Å²) < 4.78 is 0. The highest BCUT2D eigenvalue weighted by Crippen LogP contribution is 2.15. The molecule has 0 aliphatic rings. The topological polar surface area (TPSA) is 37.4 Å². The van der Waals surface area contributed by atoms with Crippen LogP contribution < -0.4 is 0 Å². The monoisotopic (exact) mass is 471 g/mol. The molecule has 0 saturated carbocycles. The number of allylic oxidation sites excluding steroid dienone is 7. The van der Waals surface area contributed by atoms with Crippen molar-refractivity contribution in [3.05, 3.63) is 46.6 Å². The second-order valence-corrected chi connectivity index (χ2v) is 10.9. The average molecular weight is 472 g/mol. The predicted molar refractivity (Wildman–Crippen MR) is 149 cm³/mol. The van der Waals surface area contributed by atoms with Gasteiger partial charge in [-0.3, -0.25) is 4.79 Å². The molecule has 3 heteroatoms. The number of Topliss-reactive ketones (excluding diaryl/α,β-unsaturated/α-hetero) is 1. The summed E-state index contributed by atoms with van der Waals surface area (Å²) in [5.41, 5.74) is 5.09. The molecule has 194 valence electrons. The fourth-order valence-corrected chi connectivity index (χ4v) is 3.90. The van der Waals surface area contributed by atoms with Gasteiger partial charge in [0.25, 0.3) is 0 Å². The van der Waals surface area contributed by atoms with Gasteiger partial charge in [-0.1, -0.05) is 68.7 Å². The molecular formula is C31H53NO2. The Bertz CT molecular complexity index is 725. The second-order valence-electron chi connectivity index (χ2n) is 10.9. The minimum Gasteiger partial charge on any atom is -0.338 e. The van der Waals surface area contributed by atoms with Crippen molar-refractivity contribution in [1.29, 1.82) is 0 Å². The highest BCUT2D eigenvalue weighted by atomic mass is 16.2. The van der Waals surface area contributed by atoms with Crippen LogP contribution in [0, 0.1) is 11.8 Å². The van der Waals surface area contributed by atoms with Gasteiger partial charge in [-0.15, -0.1) is 0 Å². The van der Waals surface area contributed by atoms with Gasteiger partial charge in [-0.2, -0.15) is 0 Å². The minimum atomic E-state index is 0.189. The van der Waals surface area contributed by atoms with Crippen molar-refractivity contribution >= 4 is 11.7 Å². The van der Waals surface area contributed by atoms with E-state index in [9.17, 15) is 9.59 Å². The Labute approximate surface area is 211 Å². The van der Waals surface area contributed by atoms with Crippen LogP contribution in [-0.4, -0.2) is 29.7 Å². The molecule has 0 spiro atoms. The molecule has 0 atom stereocenters. The highest BCUT2D eigenvalue weighted by molar-refractivity contribution is 5.92. The Balaban J connectivity index is 4.45. The van der Waals surface area contributed by atoms with E-state index in [1.54, 1.807) is 6.92 Å². The van der Waals surface area contributed by atoms with E-state index >= 15 is 0 Å². The Morgan fingerprint density at radius 1 is 0.588 bits per heavy atom. The quantitative estimate of drug-likeness (QED) is 0.157. The van der Waals surface area contributed by atoms with E-state index in [-0.39, 0.29) is 11.7 Å². The normalized spacial score (nSPS) is 13.7. The van der Waals surface area contributed by atoms with Crippen molar-refractivity contribution in [2.45, 2.75) is 114 Å². The molecule has 0 aromatic rings. The number of rotatable bonds is 17. The fourth-order valence-electron chi connectivity index (χ4n) is 3.90. The Hall–Kier alpha value is -1.90. The van der Waals surface area contributed by atoms with Gasteiger partial charge in [0.05, 0.1) is 0 Å². The van der Waals surface area contributed by atoms with Crippen molar-refractivity contribution in [3.8, 4) is 0 Å². The number of nitrogens with zero attached hydrogens (tertiary/aromatic N) is 1. The third-order valence-electron chi connectivity index (χ3n) is 5.84. The molecule has 0 aliphatic carbocycles. The lowest BCUT2D eigenvalue weighted by atomic mass is 10.0. The van der Waals surface area contributed by atoms with Crippen LogP contribution in [0.3, 0.4) is 0 Å². The Morgan fingerprint density at radius 2 is 0.941 bits per heavy atom. The lowest BCUT2D eigenvalue weighted by Gasteiger charge is -2.26. The summed E-state index contributed by atoms with van der Waals surface area (Å²) in [6.45, 7) is 20.5. The van der Waals surface area contributed by atoms with Gasteiger partial charge >= 0.3 is 0 Å². The van der Waals surface area contributed by atoms with E-state index in [1.165, 1.54) is 16.7 Å². The van der Waals surface area contributed by atoms with Crippen LogP contribution in [0.25, 0.3) is 0 Å². The van der Waals surface area contributed by atoms with Crippen molar-refractivity contribution < 1.29 is 9.59 Å². The Kier molecular flexibility index (Phi) is 17.4. The van der Waals surface area contributed by atoms with Gasteiger partial charge in [-0.25, -0.2) is 0 Å². The smallest absolute Gasteiger partial charge is 0.249 e. The van der Waals surface area contributed by atoms with Crippen LogP contribution in [-0.2, 0) is 9.59 Å². The molecule has 0 aromatic carbocycles. The predicted octanol–water partition coefficient (Wildman–Crippen LogP) is 8.62. The molecule has 0 fully saturated rings. The zero-order valence-corrected chi connectivity index (χ0v) is 23.8. The van der Waals surface area contributed by atoms with Gasteiger partial charge in [0.2, 0.25) is 5.91 Å². The molecule has 0 N–H and O–H groups in total. The second kappa shape index (κ2) is 18.4. The van der Waals surface area contributed by atoms with Gasteiger partial charge in [-0.05, 0) is 91.4 Å². The molecule has 3 nitrogen and oxygen atoms in total. The lowest BCUT2D eigenvalue weighted by Crippen LogP contribution is -2.37. The van der Waals surface area contributed by atoms with Crippen molar-refractivity contribution in [3.63, 3.8) is 0 Å². The van der Waals surface area contributed by atoms with Crippen molar-refractivity contribution in [2.24, 2.45) is 11.8 Å². The Morgan fingerprint density at radius 3 is 1.29 bits per heavy atom. The van der Waals surface area contributed by atoms with E-state index in [4.69, 9.17) is 0 Å². The number of ketones is 1. The third-order valence-corrected chi connectivity index (χ3v) is 5.84. The van der Waals surface area contributed by atoms with Crippen molar-refractivity contribution in [1.82, 2.24) is 4.90 Å². The minimum absolute atomic E-state index is 0.189. The molecule has 0 saturated heterocycles. The molecule has 0 heterocycles. The van der Waals surface area contributed by atoms with E-state index in [1.807, 2.05) is 11.8 Å². The summed E-state index contributed by atoms with van der Waals surface area (Å²) in [6, 6.07) is 0. The molecule has 0 aliphatic heterocycles. The average Bonchev–Trinajstić information content (AvgIpc) is 2.71. The van der Waals surface area contributed by atoms with E-state index < -0.39 is 0 Å². The first kappa shape index (κ1) is 32.1. The van der Waals surface area contributed by atoms with Gasteiger partial charge < -0.3 is 9.69 Å². The molecule has 0 unspecified atom stereocenters. The van der Waals surface area contributed by atoms with Crippen LogP contribution in [0.2, 0.25) is 0 Å². The number of hydrogen-bond donors (Lipinski definition) is 0. The summed E-state index contributed by atoms with van der Waals surface area (Å²) in [5.74, 6) is 1.42. The molecule has 0 radical (unpaired) electrons. The number of carbonyl (C=O) groups excluding carboxylic acids is 2. The number of hydrogen-bond acceptors (Lipinski definition) is 2. The van der Waals surface area contributed by atoms with Crippen LogP contribution in [0.15, 0.2) is 46.6 Å². The standard InChI is InChI=1S/C31H53NO2/c1-24(2)22-32(23-25(3)4)31(34)29(8)20-12-18-27(6)16-10-14-26(5)15-11-17-28(7)19-13-21-30(9)33/h15-16,19-20,24-25H,10-14,17-18,21-23H2,1-9H3. The molecule has 0 rings (SSSR count). The first-order valence-corrected chi connectivity index (χ1v) is 13.3.